The Bertz CT molecular complexity index is 1090. The van der Waals surface area contributed by atoms with Crippen LogP contribution in [0.3, 0.4) is 0 Å². The first-order valence-electron chi connectivity index (χ1n) is 7.45. The Morgan fingerprint density at radius 2 is 1.85 bits per heavy atom. The molecule has 0 bridgehead atoms. The Balaban J connectivity index is 2.11. The molecule has 3 aromatic rings. The molecule has 9 heteroatoms. The van der Waals surface area contributed by atoms with E-state index in [-0.39, 0.29) is 10.6 Å². The highest BCUT2D eigenvalue weighted by molar-refractivity contribution is 7.80. The number of nitrogens with zero attached hydrogens (tertiary/aromatic N) is 1. The summed E-state index contributed by atoms with van der Waals surface area (Å²) in [6.45, 7) is 0. The van der Waals surface area contributed by atoms with Crippen molar-refractivity contribution in [2.24, 2.45) is 12.9 Å². The van der Waals surface area contributed by atoms with Crippen LogP contribution in [0, 0.1) is 0 Å². The summed E-state index contributed by atoms with van der Waals surface area (Å²) >= 11 is -1.99. The van der Waals surface area contributed by atoms with E-state index in [0.29, 0.717) is 10.9 Å². The number of hydrogen-bond donors (Lipinski definition) is 3. The van der Waals surface area contributed by atoms with Gasteiger partial charge in [0.25, 0.3) is 11.5 Å². The Morgan fingerprint density at radius 3 is 2.58 bits per heavy atom. The zero-order valence-corrected chi connectivity index (χ0v) is 14.4. The lowest BCUT2D eigenvalue weighted by Crippen LogP contribution is -2.28. The lowest BCUT2D eigenvalue weighted by atomic mass is 10.1. The summed E-state index contributed by atoms with van der Waals surface area (Å²) < 4.78 is 17.4. The van der Waals surface area contributed by atoms with E-state index >= 15 is 0 Å². The normalized spacial score (nSPS) is 12.1. The van der Waals surface area contributed by atoms with Gasteiger partial charge in [0.15, 0.2) is 0 Å². The maximum atomic E-state index is 12.7. The summed E-state index contributed by atoms with van der Waals surface area (Å²) in [4.78, 5) is 25.3. The average Bonchev–Trinajstić information content (AvgIpc) is 2.66. The van der Waals surface area contributed by atoms with Gasteiger partial charge in [-0.2, -0.15) is 10.2 Å². The van der Waals surface area contributed by atoms with E-state index in [0.717, 1.165) is 0 Å². The summed E-state index contributed by atoms with van der Waals surface area (Å²) in [7, 11) is 1.51. The fourth-order valence-electron chi connectivity index (χ4n) is 2.64. The summed E-state index contributed by atoms with van der Waals surface area (Å²) in [5.74, 6) is 3.68. The van der Waals surface area contributed by atoms with Crippen LogP contribution in [0.1, 0.15) is 10.4 Å². The van der Waals surface area contributed by atoms with Crippen molar-refractivity contribution in [3.8, 4) is 5.75 Å². The number of carbonyl (C=O) groups is 1. The minimum absolute atomic E-state index is 0.125. The predicted octanol–water partition coefficient (Wildman–Crippen LogP) is 1.41. The molecule has 0 radical (unpaired) electrons. The second kappa shape index (κ2) is 7.08. The van der Waals surface area contributed by atoms with Gasteiger partial charge in [-0.05, 0) is 24.3 Å². The maximum absolute atomic E-state index is 12.7. The van der Waals surface area contributed by atoms with Gasteiger partial charge >= 0.3 is 0 Å². The largest absolute Gasteiger partial charge is 0.506 e. The topological polar surface area (TPSA) is 124 Å². The minimum atomic E-state index is -1.99. The molecule has 2 aromatic carbocycles. The van der Waals surface area contributed by atoms with Crippen LogP contribution in [0.4, 0.5) is 5.69 Å². The molecule has 1 atom stereocenters. The molecule has 4 N–H and O–H groups in total. The first-order valence-corrected chi connectivity index (χ1v) is 8.53. The second-order valence-electron chi connectivity index (χ2n) is 5.39. The van der Waals surface area contributed by atoms with Gasteiger partial charge in [-0.15, -0.1) is 0 Å². The van der Waals surface area contributed by atoms with Gasteiger partial charge in [0, 0.05) is 12.4 Å². The summed E-state index contributed by atoms with van der Waals surface area (Å²) in [6, 6.07) is 12.8. The number of hydrogen-bond acceptors (Lipinski definition) is 6. The number of benzene rings is 2. The van der Waals surface area contributed by atoms with Crippen molar-refractivity contribution < 1.29 is 18.4 Å². The van der Waals surface area contributed by atoms with Gasteiger partial charge in [-0.3, -0.25) is 9.59 Å². The molecule has 0 spiro atoms. The van der Waals surface area contributed by atoms with Crippen LogP contribution in [-0.2, 0) is 22.4 Å². The van der Waals surface area contributed by atoms with Crippen molar-refractivity contribution in [2.75, 3.05) is 5.32 Å². The fourth-order valence-corrected chi connectivity index (χ4v) is 3.23. The van der Waals surface area contributed by atoms with Crippen molar-refractivity contribution in [2.45, 2.75) is 4.90 Å². The molecule has 0 aliphatic carbocycles. The number of aromatic hydroxyl groups is 1. The second-order valence-corrected chi connectivity index (χ2v) is 6.49. The van der Waals surface area contributed by atoms with Gasteiger partial charge in [-0.25, -0.2) is 4.21 Å². The molecule has 0 fully saturated rings. The number of carbonyl (C=O) groups excluding carboxylic acids is 1. The summed E-state index contributed by atoms with van der Waals surface area (Å²) in [5.41, 5.74) is -0.437. The van der Waals surface area contributed by atoms with Gasteiger partial charge in [-0.1, -0.05) is 24.3 Å². The maximum Gasteiger partial charge on any atom is 0.267 e. The van der Waals surface area contributed by atoms with Gasteiger partial charge in [0.05, 0.1) is 16.1 Å². The van der Waals surface area contributed by atoms with Crippen molar-refractivity contribution in [3.63, 3.8) is 0 Å². The molecular formula is C17H15N3O5S. The Hall–Kier alpha value is -3.01. The van der Waals surface area contributed by atoms with Crippen molar-refractivity contribution >= 4 is 33.6 Å². The molecule has 8 nitrogen and oxygen atoms in total. The molecule has 3 rings (SSSR count). The summed E-state index contributed by atoms with van der Waals surface area (Å²) in [5, 5.41) is 13.3. The standard InChI is InChI=1S/C17H15N3O5S/c1-20-12-8-4-2-6-10(12)15(21)14(17(20)23)16(22)19-11-7-3-5-9-13(11)26(24)25-18/h2-9,21H,18H2,1H3,(H,19,22). The number of aryl methyl sites for hydroxylation is 1. The number of amides is 1. The van der Waals surface area contributed by atoms with E-state index in [1.54, 1.807) is 36.4 Å². The third-order valence-electron chi connectivity index (χ3n) is 3.91. The summed E-state index contributed by atoms with van der Waals surface area (Å²) in [6.07, 6.45) is 0. The van der Waals surface area contributed by atoms with Crippen molar-refractivity contribution in [1.29, 1.82) is 0 Å². The zero-order chi connectivity index (χ0) is 18.8. The average molecular weight is 373 g/mol. The van der Waals surface area contributed by atoms with Gasteiger partial charge in [0.2, 0.25) is 11.1 Å². The minimum Gasteiger partial charge on any atom is -0.506 e. The lowest BCUT2D eigenvalue weighted by molar-refractivity contribution is 0.102. The van der Waals surface area contributed by atoms with Crippen LogP contribution < -0.4 is 16.8 Å². The van der Waals surface area contributed by atoms with E-state index in [1.807, 2.05) is 0 Å². The molecule has 0 saturated heterocycles. The van der Waals surface area contributed by atoms with E-state index in [2.05, 4.69) is 9.60 Å². The van der Waals surface area contributed by atoms with Crippen LogP contribution in [0.2, 0.25) is 0 Å². The van der Waals surface area contributed by atoms with Crippen molar-refractivity contribution in [3.05, 3.63) is 64.4 Å². The number of anilines is 1. The zero-order valence-electron chi connectivity index (χ0n) is 13.6. The van der Waals surface area contributed by atoms with Crippen LogP contribution in [0.25, 0.3) is 10.9 Å². The molecule has 0 aliphatic heterocycles. The number of fused-ring (bicyclic) bond motifs is 1. The highest BCUT2D eigenvalue weighted by Gasteiger charge is 2.22. The third-order valence-corrected chi connectivity index (χ3v) is 4.80. The van der Waals surface area contributed by atoms with Crippen LogP contribution in [0.15, 0.2) is 58.2 Å². The first kappa shape index (κ1) is 17.8. The fraction of sp³-hybridized carbons (Fsp3) is 0.0588. The van der Waals surface area contributed by atoms with Gasteiger partial charge in [0.1, 0.15) is 11.3 Å². The van der Waals surface area contributed by atoms with E-state index in [1.165, 1.54) is 23.7 Å². The van der Waals surface area contributed by atoms with Crippen molar-refractivity contribution in [1.82, 2.24) is 4.57 Å². The first-order chi connectivity index (χ1) is 12.5. The molecule has 1 unspecified atom stereocenters. The smallest absolute Gasteiger partial charge is 0.267 e. The Kier molecular flexibility index (Phi) is 4.85. The molecule has 134 valence electrons. The van der Waals surface area contributed by atoms with E-state index in [4.69, 9.17) is 5.90 Å². The highest BCUT2D eigenvalue weighted by atomic mass is 32.2. The molecule has 0 aliphatic rings. The molecule has 1 aromatic heterocycles. The third kappa shape index (κ3) is 2.99. The van der Waals surface area contributed by atoms with E-state index < -0.39 is 33.9 Å². The quantitative estimate of drug-likeness (QED) is 0.594. The highest BCUT2D eigenvalue weighted by Crippen LogP contribution is 2.27. The lowest BCUT2D eigenvalue weighted by Gasteiger charge is -2.13. The predicted molar refractivity (Wildman–Crippen MR) is 96.9 cm³/mol. The number of nitrogens with one attached hydrogen (secondary N) is 1. The molecule has 1 heterocycles. The molecule has 0 saturated carbocycles. The van der Waals surface area contributed by atoms with Crippen LogP contribution >= 0.6 is 0 Å². The number of pyridine rings is 1. The molecular weight excluding hydrogens is 358 g/mol. The number of para-hydroxylation sites is 2. The Morgan fingerprint density at radius 1 is 1.19 bits per heavy atom. The number of nitrogens with two attached hydrogens (primary N) is 1. The Labute approximate surface area is 150 Å². The monoisotopic (exact) mass is 373 g/mol. The SMILES string of the molecule is Cn1c(=O)c(C(=O)Nc2ccccc2S(=O)ON)c(O)c2ccccc21. The number of rotatable bonds is 4. The van der Waals surface area contributed by atoms with E-state index in [9.17, 15) is 18.9 Å². The van der Waals surface area contributed by atoms with Crippen LogP contribution in [0.5, 0.6) is 5.75 Å². The number of aromatic nitrogens is 1. The molecule has 1 amide bonds. The van der Waals surface area contributed by atoms with Crippen LogP contribution in [-0.4, -0.2) is 19.8 Å². The van der Waals surface area contributed by atoms with Gasteiger partial charge < -0.3 is 15.0 Å². The molecule has 26 heavy (non-hydrogen) atoms.